The van der Waals surface area contributed by atoms with Crippen molar-refractivity contribution in [1.82, 2.24) is 0 Å². The van der Waals surface area contributed by atoms with Gasteiger partial charge in [0, 0.05) is 15.9 Å². The number of hydrogen-bond donors (Lipinski definition) is 0. The molecule has 1 aromatic rings. The molecule has 5 heteroatoms. The Morgan fingerprint density at radius 3 is 2.57 bits per heavy atom. The third-order valence-electron chi connectivity index (χ3n) is 1.62. The lowest BCUT2D eigenvalue weighted by molar-refractivity contribution is 0.0997. The van der Waals surface area contributed by atoms with E-state index in [9.17, 15) is 4.79 Å². The first-order chi connectivity index (χ1) is 6.56. The van der Waals surface area contributed by atoms with E-state index in [4.69, 9.17) is 23.2 Å². The van der Waals surface area contributed by atoms with Crippen LogP contribution in [0.3, 0.4) is 0 Å². The van der Waals surface area contributed by atoms with E-state index in [1.807, 2.05) is 0 Å². The maximum atomic E-state index is 11.7. The molecule has 0 saturated carbocycles. The highest BCUT2D eigenvalue weighted by molar-refractivity contribution is 9.12. The van der Waals surface area contributed by atoms with Crippen LogP contribution in [-0.4, -0.2) is 15.9 Å². The summed E-state index contributed by atoms with van der Waals surface area (Å²) in [7, 11) is 0. The number of benzene rings is 1. The molecule has 0 fully saturated rings. The molecule has 14 heavy (non-hydrogen) atoms. The van der Waals surface area contributed by atoms with E-state index >= 15 is 0 Å². The van der Waals surface area contributed by atoms with E-state index in [0.717, 1.165) is 0 Å². The Balaban J connectivity index is 3.02. The predicted octanol–water partition coefficient (Wildman–Crippen LogP) is 4.33. The second-order valence-electron chi connectivity index (χ2n) is 2.61. The summed E-state index contributed by atoms with van der Waals surface area (Å²) in [5.74, 6) is -0.0523. The Kier molecular flexibility index (Phi) is 4.91. The van der Waals surface area contributed by atoms with Crippen LogP contribution < -0.4 is 0 Å². The van der Waals surface area contributed by atoms with Crippen molar-refractivity contribution in [3.8, 4) is 0 Å². The number of alkyl halides is 2. The minimum Gasteiger partial charge on any atom is -0.293 e. The molecule has 1 rings (SSSR count). The van der Waals surface area contributed by atoms with Gasteiger partial charge < -0.3 is 0 Å². The summed E-state index contributed by atoms with van der Waals surface area (Å²) >= 11 is 18.1. The Labute approximate surface area is 109 Å². The van der Waals surface area contributed by atoms with E-state index < -0.39 is 0 Å². The van der Waals surface area contributed by atoms with Gasteiger partial charge in [-0.05, 0) is 18.2 Å². The zero-order chi connectivity index (χ0) is 10.7. The molecular weight excluding hydrogens is 355 g/mol. The van der Waals surface area contributed by atoms with Crippen LogP contribution in [0.5, 0.6) is 0 Å². The number of carbonyl (C=O) groups is 1. The Bertz CT molecular complexity index is 355. The third-order valence-corrected chi connectivity index (χ3v) is 4.42. The maximum Gasteiger partial charge on any atom is 0.178 e. The maximum absolute atomic E-state index is 11.7. The summed E-state index contributed by atoms with van der Waals surface area (Å²) < 4.78 is 0. The van der Waals surface area contributed by atoms with Crippen LogP contribution in [0, 0.1) is 0 Å². The molecule has 0 spiro atoms. The number of hydrogen-bond acceptors (Lipinski definition) is 1. The lowest BCUT2D eigenvalue weighted by Crippen LogP contribution is -2.15. The van der Waals surface area contributed by atoms with Crippen LogP contribution in [0.25, 0.3) is 0 Å². The fraction of sp³-hybridized carbons (Fsp3) is 0.222. The Hall–Kier alpha value is 0.430. The van der Waals surface area contributed by atoms with Crippen LogP contribution in [0.1, 0.15) is 10.4 Å². The predicted molar refractivity (Wildman–Crippen MR) is 67.3 cm³/mol. The summed E-state index contributed by atoms with van der Waals surface area (Å²) in [6.07, 6.45) is 0. The SMILES string of the molecule is O=C(c1ccc(Cl)cc1Cl)C(Br)CBr. The fourth-order valence-electron chi connectivity index (χ4n) is 0.928. The molecule has 1 atom stereocenters. The van der Waals surface area contributed by atoms with Crippen molar-refractivity contribution >= 4 is 60.8 Å². The van der Waals surface area contributed by atoms with Gasteiger partial charge in [0.05, 0.1) is 9.85 Å². The lowest BCUT2D eigenvalue weighted by Gasteiger charge is -2.06. The van der Waals surface area contributed by atoms with Gasteiger partial charge in [-0.1, -0.05) is 55.1 Å². The summed E-state index contributed by atoms with van der Waals surface area (Å²) in [5, 5.41) is 1.45. The van der Waals surface area contributed by atoms with Crippen molar-refractivity contribution in [3.05, 3.63) is 33.8 Å². The molecule has 0 aliphatic carbocycles. The Morgan fingerprint density at radius 1 is 1.43 bits per heavy atom. The lowest BCUT2D eigenvalue weighted by atomic mass is 10.1. The number of halogens is 4. The molecule has 0 amide bonds. The van der Waals surface area contributed by atoms with Crippen LogP contribution in [0.2, 0.25) is 10.0 Å². The van der Waals surface area contributed by atoms with Gasteiger partial charge in [0.15, 0.2) is 5.78 Å². The first-order valence-electron chi connectivity index (χ1n) is 3.75. The number of Topliss-reactive ketones (excluding diaryl/α,β-unsaturated/α-hetero) is 1. The molecule has 0 heterocycles. The van der Waals surface area contributed by atoms with Gasteiger partial charge in [-0.15, -0.1) is 0 Å². The number of carbonyl (C=O) groups excluding carboxylic acids is 1. The highest BCUT2D eigenvalue weighted by Crippen LogP contribution is 2.24. The molecule has 0 bridgehead atoms. The van der Waals surface area contributed by atoms with Gasteiger partial charge in [0.1, 0.15) is 0 Å². The molecule has 76 valence electrons. The molecule has 1 nitrogen and oxygen atoms in total. The minimum atomic E-state index is -0.263. The number of ketones is 1. The summed E-state index contributed by atoms with van der Waals surface area (Å²) in [6.45, 7) is 0. The van der Waals surface area contributed by atoms with Crippen LogP contribution in [0.15, 0.2) is 18.2 Å². The van der Waals surface area contributed by atoms with Crippen molar-refractivity contribution < 1.29 is 4.79 Å². The quantitative estimate of drug-likeness (QED) is 0.579. The minimum absolute atomic E-state index is 0.0523. The van der Waals surface area contributed by atoms with Crippen molar-refractivity contribution in [2.45, 2.75) is 4.83 Å². The van der Waals surface area contributed by atoms with E-state index in [0.29, 0.717) is 20.9 Å². The van der Waals surface area contributed by atoms with E-state index in [2.05, 4.69) is 31.9 Å². The molecule has 0 saturated heterocycles. The van der Waals surface area contributed by atoms with Gasteiger partial charge in [0.2, 0.25) is 0 Å². The molecular formula is C9H6Br2Cl2O. The Morgan fingerprint density at radius 2 is 2.07 bits per heavy atom. The molecule has 1 aromatic carbocycles. The van der Waals surface area contributed by atoms with Gasteiger partial charge in [0.25, 0.3) is 0 Å². The van der Waals surface area contributed by atoms with Crippen molar-refractivity contribution in [3.63, 3.8) is 0 Å². The monoisotopic (exact) mass is 358 g/mol. The summed E-state index contributed by atoms with van der Waals surface area (Å²) in [5.41, 5.74) is 0.484. The zero-order valence-electron chi connectivity index (χ0n) is 6.94. The van der Waals surface area contributed by atoms with E-state index in [1.165, 1.54) is 0 Å². The summed E-state index contributed by atoms with van der Waals surface area (Å²) in [6, 6.07) is 4.84. The van der Waals surface area contributed by atoms with Crippen molar-refractivity contribution in [2.24, 2.45) is 0 Å². The van der Waals surface area contributed by atoms with E-state index in [-0.39, 0.29) is 10.6 Å². The largest absolute Gasteiger partial charge is 0.293 e. The molecule has 0 radical (unpaired) electrons. The summed E-state index contributed by atoms with van der Waals surface area (Å²) in [4.78, 5) is 11.4. The molecule has 1 unspecified atom stereocenters. The highest BCUT2D eigenvalue weighted by atomic mass is 79.9. The molecule has 0 aliphatic heterocycles. The van der Waals surface area contributed by atoms with Gasteiger partial charge in [-0.3, -0.25) is 4.79 Å². The zero-order valence-corrected chi connectivity index (χ0v) is 11.6. The average Bonchev–Trinajstić information content (AvgIpc) is 2.15. The first kappa shape index (κ1) is 12.5. The van der Waals surface area contributed by atoms with E-state index in [1.54, 1.807) is 18.2 Å². The van der Waals surface area contributed by atoms with Gasteiger partial charge in [-0.2, -0.15) is 0 Å². The van der Waals surface area contributed by atoms with Crippen LogP contribution in [-0.2, 0) is 0 Å². The third kappa shape index (κ3) is 2.96. The topological polar surface area (TPSA) is 17.1 Å². The smallest absolute Gasteiger partial charge is 0.178 e. The van der Waals surface area contributed by atoms with Gasteiger partial charge >= 0.3 is 0 Å². The molecule has 0 aromatic heterocycles. The van der Waals surface area contributed by atoms with Crippen LogP contribution in [0.4, 0.5) is 0 Å². The number of rotatable bonds is 3. The average molecular weight is 361 g/mol. The first-order valence-corrected chi connectivity index (χ1v) is 6.55. The van der Waals surface area contributed by atoms with Crippen molar-refractivity contribution in [1.29, 1.82) is 0 Å². The normalized spacial score (nSPS) is 12.6. The standard InChI is InChI=1S/C9H6Br2Cl2O/c10-4-7(11)9(14)6-2-1-5(12)3-8(6)13/h1-3,7H,4H2. The molecule has 0 aliphatic rings. The molecule has 0 N–H and O–H groups in total. The second kappa shape index (κ2) is 5.50. The second-order valence-corrected chi connectivity index (χ2v) is 5.21. The van der Waals surface area contributed by atoms with Crippen molar-refractivity contribution in [2.75, 3.05) is 5.33 Å². The van der Waals surface area contributed by atoms with Crippen LogP contribution >= 0.6 is 55.1 Å². The van der Waals surface area contributed by atoms with Gasteiger partial charge in [-0.25, -0.2) is 0 Å². The highest BCUT2D eigenvalue weighted by Gasteiger charge is 2.18. The fourth-order valence-corrected chi connectivity index (χ4v) is 1.97.